The van der Waals surface area contributed by atoms with Gasteiger partial charge in [-0.15, -0.1) is 0 Å². The summed E-state index contributed by atoms with van der Waals surface area (Å²) in [5, 5.41) is 13.0. The Balaban J connectivity index is 2.08. The normalized spacial score (nSPS) is 10.6. The SMILES string of the molecule is Cc1ccc(NCc2ccccc2OC(C)C)cc1O. The Morgan fingerprint density at radius 2 is 1.90 bits per heavy atom. The standard InChI is InChI=1S/C17H21NO2/c1-12(2)20-17-7-5-4-6-14(17)11-18-15-9-8-13(3)16(19)10-15/h4-10,12,18-19H,11H2,1-3H3. The van der Waals surface area contributed by atoms with Gasteiger partial charge < -0.3 is 15.2 Å². The number of para-hydroxylation sites is 1. The molecule has 0 amide bonds. The first-order valence-electron chi connectivity index (χ1n) is 6.84. The van der Waals surface area contributed by atoms with Gasteiger partial charge >= 0.3 is 0 Å². The lowest BCUT2D eigenvalue weighted by Crippen LogP contribution is -2.09. The van der Waals surface area contributed by atoms with Crippen LogP contribution in [0.1, 0.15) is 25.0 Å². The van der Waals surface area contributed by atoms with E-state index < -0.39 is 0 Å². The summed E-state index contributed by atoms with van der Waals surface area (Å²) in [6.07, 6.45) is 0.152. The van der Waals surface area contributed by atoms with Gasteiger partial charge in [-0.1, -0.05) is 24.3 Å². The number of rotatable bonds is 5. The van der Waals surface area contributed by atoms with Crippen LogP contribution in [0.5, 0.6) is 11.5 Å². The Morgan fingerprint density at radius 1 is 1.15 bits per heavy atom. The number of aromatic hydroxyl groups is 1. The predicted molar refractivity (Wildman–Crippen MR) is 82.4 cm³/mol. The quantitative estimate of drug-likeness (QED) is 0.860. The van der Waals surface area contributed by atoms with Gasteiger partial charge in [-0.2, -0.15) is 0 Å². The van der Waals surface area contributed by atoms with E-state index in [9.17, 15) is 5.11 Å². The van der Waals surface area contributed by atoms with Gasteiger partial charge in [-0.25, -0.2) is 0 Å². The number of anilines is 1. The third-order valence-corrected chi connectivity index (χ3v) is 3.03. The molecular weight excluding hydrogens is 250 g/mol. The molecule has 0 saturated carbocycles. The van der Waals surface area contributed by atoms with Crippen molar-refractivity contribution in [1.82, 2.24) is 0 Å². The lowest BCUT2D eigenvalue weighted by Gasteiger charge is -2.15. The van der Waals surface area contributed by atoms with Gasteiger partial charge in [0.05, 0.1) is 6.10 Å². The van der Waals surface area contributed by atoms with E-state index in [1.165, 1.54) is 0 Å². The van der Waals surface area contributed by atoms with Crippen LogP contribution in [0, 0.1) is 6.92 Å². The Kier molecular flexibility index (Phi) is 4.51. The zero-order chi connectivity index (χ0) is 14.5. The minimum absolute atomic E-state index is 0.152. The van der Waals surface area contributed by atoms with E-state index >= 15 is 0 Å². The van der Waals surface area contributed by atoms with E-state index in [0.717, 1.165) is 22.6 Å². The second-order valence-electron chi connectivity index (χ2n) is 5.13. The van der Waals surface area contributed by atoms with Gasteiger partial charge in [0.25, 0.3) is 0 Å². The van der Waals surface area contributed by atoms with Crippen molar-refractivity contribution in [2.24, 2.45) is 0 Å². The monoisotopic (exact) mass is 271 g/mol. The number of aryl methyl sites for hydroxylation is 1. The van der Waals surface area contributed by atoms with Gasteiger partial charge in [0.15, 0.2) is 0 Å². The van der Waals surface area contributed by atoms with E-state index in [4.69, 9.17) is 4.74 Å². The Hall–Kier alpha value is -2.16. The summed E-state index contributed by atoms with van der Waals surface area (Å²) in [7, 11) is 0. The van der Waals surface area contributed by atoms with Gasteiger partial charge in [-0.05, 0) is 38.5 Å². The largest absolute Gasteiger partial charge is 0.508 e. The van der Waals surface area contributed by atoms with Crippen LogP contribution in [0.15, 0.2) is 42.5 Å². The fraction of sp³-hybridized carbons (Fsp3) is 0.294. The molecule has 3 heteroatoms. The number of nitrogens with one attached hydrogen (secondary N) is 1. The molecule has 2 rings (SSSR count). The average Bonchev–Trinajstić information content (AvgIpc) is 2.41. The number of phenolic OH excluding ortho intramolecular Hbond substituents is 1. The average molecular weight is 271 g/mol. The molecule has 2 N–H and O–H groups in total. The zero-order valence-electron chi connectivity index (χ0n) is 12.2. The molecule has 2 aromatic carbocycles. The van der Waals surface area contributed by atoms with Crippen LogP contribution in [0.25, 0.3) is 0 Å². The van der Waals surface area contributed by atoms with Crippen LogP contribution in [0.2, 0.25) is 0 Å². The van der Waals surface area contributed by atoms with Crippen LogP contribution in [0.4, 0.5) is 5.69 Å². The highest BCUT2D eigenvalue weighted by atomic mass is 16.5. The van der Waals surface area contributed by atoms with Crippen LogP contribution >= 0.6 is 0 Å². The maximum atomic E-state index is 9.71. The minimum Gasteiger partial charge on any atom is -0.508 e. The van der Waals surface area contributed by atoms with Crippen molar-refractivity contribution in [3.05, 3.63) is 53.6 Å². The van der Waals surface area contributed by atoms with E-state index in [1.807, 2.05) is 57.2 Å². The Morgan fingerprint density at radius 3 is 2.60 bits per heavy atom. The molecule has 3 nitrogen and oxygen atoms in total. The van der Waals surface area contributed by atoms with Crippen LogP contribution in [-0.2, 0) is 6.54 Å². The highest BCUT2D eigenvalue weighted by Gasteiger charge is 2.05. The van der Waals surface area contributed by atoms with Crippen molar-refractivity contribution < 1.29 is 9.84 Å². The second kappa shape index (κ2) is 6.33. The zero-order valence-corrected chi connectivity index (χ0v) is 12.2. The summed E-state index contributed by atoms with van der Waals surface area (Å²) < 4.78 is 5.79. The lowest BCUT2D eigenvalue weighted by molar-refractivity contribution is 0.240. The first kappa shape index (κ1) is 14.3. The van der Waals surface area contributed by atoms with Crippen LogP contribution < -0.4 is 10.1 Å². The Bertz CT molecular complexity index is 579. The topological polar surface area (TPSA) is 41.5 Å². The highest BCUT2D eigenvalue weighted by Crippen LogP contribution is 2.24. The molecule has 0 fully saturated rings. The summed E-state index contributed by atoms with van der Waals surface area (Å²) >= 11 is 0. The van der Waals surface area contributed by atoms with E-state index in [1.54, 1.807) is 6.07 Å². The van der Waals surface area contributed by atoms with Crippen molar-refractivity contribution in [3.8, 4) is 11.5 Å². The summed E-state index contributed by atoms with van der Waals surface area (Å²) in [6, 6.07) is 13.6. The van der Waals surface area contributed by atoms with Crippen molar-refractivity contribution in [2.75, 3.05) is 5.32 Å². The molecule has 0 unspecified atom stereocenters. The molecule has 0 heterocycles. The van der Waals surface area contributed by atoms with Crippen molar-refractivity contribution in [2.45, 2.75) is 33.4 Å². The van der Waals surface area contributed by atoms with Crippen molar-refractivity contribution in [1.29, 1.82) is 0 Å². The summed E-state index contributed by atoms with van der Waals surface area (Å²) in [5.74, 6) is 1.20. The molecule has 0 radical (unpaired) electrons. The molecular formula is C17H21NO2. The molecule has 106 valence electrons. The van der Waals surface area contributed by atoms with Gasteiger partial charge in [0.2, 0.25) is 0 Å². The highest BCUT2D eigenvalue weighted by molar-refractivity contribution is 5.51. The molecule has 0 saturated heterocycles. The number of hydrogen-bond donors (Lipinski definition) is 2. The number of ether oxygens (including phenoxy) is 1. The van der Waals surface area contributed by atoms with E-state index in [2.05, 4.69) is 5.32 Å². The predicted octanol–water partition coefficient (Wildman–Crippen LogP) is 4.10. The molecule has 20 heavy (non-hydrogen) atoms. The maximum Gasteiger partial charge on any atom is 0.124 e. The first-order valence-corrected chi connectivity index (χ1v) is 6.84. The smallest absolute Gasteiger partial charge is 0.124 e. The Labute approximate surface area is 120 Å². The van der Waals surface area contributed by atoms with Crippen molar-refractivity contribution >= 4 is 5.69 Å². The second-order valence-corrected chi connectivity index (χ2v) is 5.13. The number of hydrogen-bond acceptors (Lipinski definition) is 3. The van der Waals surface area contributed by atoms with E-state index in [0.29, 0.717) is 12.3 Å². The summed E-state index contributed by atoms with van der Waals surface area (Å²) in [6.45, 7) is 6.57. The first-order chi connectivity index (χ1) is 9.56. The maximum absolute atomic E-state index is 9.71. The van der Waals surface area contributed by atoms with Crippen LogP contribution in [0.3, 0.4) is 0 Å². The number of benzene rings is 2. The van der Waals surface area contributed by atoms with Crippen LogP contribution in [-0.4, -0.2) is 11.2 Å². The molecule has 2 aromatic rings. The fourth-order valence-electron chi connectivity index (χ4n) is 1.94. The van der Waals surface area contributed by atoms with Gasteiger partial charge in [0, 0.05) is 23.9 Å². The molecule has 0 aliphatic heterocycles. The summed E-state index contributed by atoms with van der Waals surface area (Å²) in [5.41, 5.74) is 2.87. The molecule has 0 aliphatic rings. The molecule has 0 spiro atoms. The third-order valence-electron chi connectivity index (χ3n) is 3.03. The molecule has 0 aliphatic carbocycles. The minimum atomic E-state index is 0.152. The molecule has 0 aromatic heterocycles. The lowest BCUT2D eigenvalue weighted by atomic mass is 10.1. The summed E-state index contributed by atoms with van der Waals surface area (Å²) in [4.78, 5) is 0. The number of phenols is 1. The van der Waals surface area contributed by atoms with Crippen molar-refractivity contribution in [3.63, 3.8) is 0 Å². The molecule has 0 atom stereocenters. The fourth-order valence-corrected chi connectivity index (χ4v) is 1.94. The van der Waals surface area contributed by atoms with E-state index in [-0.39, 0.29) is 6.10 Å². The molecule has 0 bridgehead atoms. The van der Waals surface area contributed by atoms with Gasteiger partial charge in [-0.3, -0.25) is 0 Å². The van der Waals surface area contributed by atoms with Gasteiger partial charge in [0.1, 0.15) is 11.5 Å². The third kappa shape index (κ3) is 3.67.